The number of aromatic nitrogens is 2. The van der Waals surface area contributed by atoms with E-state index in [9.17, 15) is 5.11 Å². The van der Waals surface area contributed by atoms with Crippen molar-refractivity contribution in [2.45, 2.75) is 19.4 Å². The molecule has 0 aliphatic heterocycles. The van der Waals surface area contributed by atoms with Crippen LogP contribution in [0.25, 0.3) is 11.0 Å². The van der Waals surface area contributed by atoms with Crippen molar-refractivity contribution in [2.75, 3.05) is 13.2 Å². The minimum Gasteiger partial charge on any atom is -0.390 e. The minimum atomic E-state index is -0.495. The van der Waals surface area contributed by atoms with Crippen LogP contribution >= 0.6 is 0 Å². The van der Waals surface area contributed by atoms with Crippen LogP contribution in [0.4, 0.5) is 0 Å². The van der Waals surface area contributed by atoms with E-state index in [1.807, 2.05) is 42.8 Å². The second-order valence-corrected chi connectivity index (χ2v) is 4.09. The van der Waals surface area contributed by atoms with Crippen LogP contribution in [0, 0.1) is 0 Å². The van der Waals surface area contributed by atoms with E-state index < -0.39 is 6.10 Å². The second-order valence-electron chi connectivity index (χ2n) is 4.09. The smallest absolute Gasteiger partial charge is 0.112 e. The Morgan fingerprint density at radius 2 is 2.18 bits per heavy atom. The molecule has 0 spiro atoms. The molecule has 0 aliphatic rings. The van der Waals surface area contributed by atoms with Gasteiger partial charge in [-0.05, 0) is 19.1 Å². The standard InChI is InChI=1S/C13H18N2O2/c1-3-17-9-10(16)8-13-14-11-6-4-5-7-12(11)15(13)2/h4-7,10,16H,3,8-9H2,1-2H3. The number of nitrogens with zero attached hydrogens (tertiary/aromatic N) is 2. The van der Waals surface area contributed by atoms with E-state index in [0.717, 1.165) is 16.9 Å². The number of aryl methyl sites for hydroxylation is 1. The third-order valence-corrected chi connectivity index (χ3v) is 2.81. The molecule has 1 atom stereocenters. The van der Waals surface area contributed by atoms with Crippen molar-refractivity contribution in [3.8, 4) is 0 Å². The number of aliphatic hydroxyl groups is 1. The molecule has 17 heavy (non-hydrogen) atoms. The van der Waals surface area contributed by atoms with E-state index in [2.05, 4.69) is 4.98 Å². The van der Waals surface area contributed by atoms with Gasteiger partial charge < -0.3 is 14.4 Å². The topological polar surface area (TPSA) is 47.3 Å². The Morgan fingerprint density at radius 1 is 1.41 bits per heavy atom. The predicted octanol–water partition coefficient (Wildman–Crippen LogP) is 1.51. The van der Waals surface area contributed by atoms with Crippen molar-refractivity contribution in [3.05, 3.63) is 30.1 Å². The highest BCUT2D eigenvalue weighted by molar-refractivity contribution is 5.75. The van der Waals surface area contributed by atoms with Crippen LogP contribution in [0.15, 0.2) is 24.3 Å². The summed E-state index contributed by atoms with van der Waals surface area (Å²) in [5.74, 6) is 0.887. The van der Waals surface area contributed by atoms with Gasteiger partial charge in [-0.3, -0.25) is 0 Å². The molecule has 0 fully saturated rings. The van der Waals surface area contributed by atoms with Crippen molar-refractivity contribution in [2.24, 2.45) is 7.05 Å². The molecule has 4 nitrogen and oxygen atoms in total. The summed E-state index contributed by atoms with van der Waals surface area (Å²) in [5.41, 5.74) is 2.06. The van der Waals surface area contributed by atoms with Crippen LogP contribution in [0.3, 0.4) is 0 Å². The Hall–Kier alpha value is -1.39. The number of imidazole rings is 1. The fraction of sp³-hybridized carbons (Fsp3) is 0.462. The maximum absolute atomic E-state index is 9.80. The molecule has 4 heteroatoms. The van der Waals surface area contributed by atoms with Crippen molar-refractivity contribution >= 4 is 11.0 Å². The molecule has 92 valence electrons. The maximum Gasteiger partial charge on any atom is 0.112 e. The van der Waals surface area contributed by atoms with Crippen molar-refractivity contribution in [1.82, 2.24) is 9.55 Å². The fourth-order valence-electron chi connectivity index (χ4n) is 1.90. The molecule has 1 heterocycles. The summed E-state index contributed by atoms with van der Waals surface area (Å²) in [6.45, 7) is 2.90. The van der Waals surface area contributed by atoms with Crippen LogP contribution in [0.5, 0.6) is 0 Å². The van der Waals surface area contributed by atoms with Gasteiger partial charge in [0.15, 0.2) is 0 Å². The maximum atomic E-state index is 9.80. The van der Waals surface area contributed by atoms with Gasteiger partial charge in [0.05, 0.1) is 23.7 Å². The Kier molecular flexibility index (Phi) is 3.76. The normalized spacial score (nSPS) is 13.1. The van der Waals surface area contributed by atoms with Gasteiger partial charge in [0.25, 0.3) is 0 Å². The third kappa shape index (κ3) is 2.65. The summed E-state index contributed by atoms with van der Waals surface area (Å²) in [7, 11) is 1.97. The Bertz CT molecular complexity index is 493. The van der Waals surface area contributed by atoms with E-state index in [0.29, 0.717) is 19.6 Å². The molecule has 1 aromatic carbocycles. The molecule has 2 rings (SSSR count). The van der Waals surface area contributed by atoms with E-state index >= 15 is 0 Å². The number of ether oxygens (including phenoxy) is 1. The highest BCUT2D eigenvalue weighted by Gasteiger charge is 2.12. The summed E-state index contributed by atoms with van der Waals surface area (Å²) >= 11 is 0. The van der Waals surface area contributed by atoms with Crippen molar-refractivity contribution in [3.63, 3.8) is 0 Å². The van der Waals surface area contributed by atoms with Gasteiger partial charge in [0.1, 0.15) is 5.82 Å². The van der Waals surface area contributed by atoms with Gasteiger partial charge in [-0.2, -0.15) is 0 Å². The average Bonchev–Trinajstić information content (AvgIpc) is 2.64. The van der Waals surface area contributed by atoms with Crippen LogP contribution in [0.2, 0.25) is 0 Å². The first kappa shape index (κ1) is 12.1. The molecular formula is C13H18N2O2. The molecule has 0 radical (unpaired) electrons. The summed E-state index contributed by atoms with van der Waals surface area (Å²) < 4.78 is 7.21. The van der Waals surface area contributed by atoms with Crippen molar-refractivity contribution < 1.29 is 9.84 Å². The Morgan fingerprint density at radius 3 is 2.88 bits per heavy atom. The number of benzene rings is 1. The summed E-state index contributed by atoms with van der Waals surface area (Å²) in [6, 6.07) is 7.97. The fourth-order valence-corrected chi connectivity index (χ4v) is 1.90. The lowest BCUT2D eigenvalue weighted by molar-refractivity contribution is 0.0417. The predicted molar refractivity (Wildman–Crippen MR) is 66.9 cm³/mol. The van der Waals surface area contributed by atoms with Gasteiger partial charge >= 0.3 is 0 Å². The Balaban J connectivity index is 2.16. The molecule has 0 saturated heterocycles. The van der Waals surface area contributed by atoms with Crippen molar-refractivity contribution in [1.29, 1.82) is 0 Å². The summed E-state index contributed by atoms with van der Waals surface area (Å²) in [4.78, 5) is 4.51. The zero-order valence-electron chi connectivity index (χ0n) is 10.3. The first-order valence-corrected chi connectivity index (χ1v) is 5.88. The van der Waals surface area contributed by atoms with Gasteiger partial charge in [-0.1, -0.05) is 12.1 Å². The summed E-state index contributed by atoms with van der Waals surface area (Å²) in [5, 5.41) is 9.80. The molecule has 0 bridgehead atoms. The van der Waals surface area contributed by atoms with Gasteiger partial charge in [0, 0.05) is 20.1 Å². The van der Waals surface area contributed by atoms with Crippen LogP contribution in [0.1, 0.15) is 12.7 Å². The van der Waals surface area contributed by atoms with E-state index in [1.165, 1.54) is 0 Å². The average molecular weight is 234 g/mol. The monoisotopic (exact) mass is 234 g/mol. The number of hydrogen-bond acceptors (Lipinski definition) is 3. The van der Waals surface area contributed by atoms with Gasteiger partial charge in [-0.15, -0.1) is 0 Å². The van der Waals surface area contributed by atoms with Gasteiger partial charge in [0.2, 0.25) is 0 Å². The number of hydrogen-bond donors (Lipinski definition) is 1. The van der Waals surface area contributed by atoms with Gasteiger partial charge in [-0.25, -0.2) is 4.98 Å². The molecule has 2 aromatic rings. The largest absolute Gasteiger partial charge is 0.390 e. The highest BCUT2D eigenvalue weighted by atomic mass is 16.5. The van der Waals surface area contributed by atoms with E-state index in [1.54, 1.807) is 0 Å². The number of aliphatic hydroxyl groups excluding tert-OH is 1. The molecule has 1 N–H and O–H groups in total. The molecule has 1 aromatic heterocycles. The third-order valence-electron chi connectivity index (χ3n) is 2.81. The molecule has 0 aliphatic carbocycles. The van der Waals surface area contributed by atoms with Crippen LogP contribution < -0.4 is 0 Å². The first-order chi connectivity index (χ1) is 8.22. The SMILES string of the molecule is CCOCC(O)Cc1nc2ccccc2n1C. The van der Waals surface area contributed by atoms with Crippen LogP contribution in [-0.4, -0.2) is 34.0 Å². The zero-order valence-corrected chi connectivity index (χ0v) is 10.3. The van der Waals surface area contributed by atoms with Crippen LogP contribution in [-0.2, 0) is 18.2 Å². The zero-order chi connectivity index (χ0) is 12.3. The van der Waals surface area contributed by atoms with E-state index in [-0.39, 0.29) is 0 Å². The molecule has 0 saturated carbocycles. The summed E-state index contributed by atoms with van der Waals surface area (Å²) in [6.07, 6.45) is 0.0241. The van der Waals surface area contributed by atoms with E-state index in [4.69, 9.17) is 4.74 Å². The minimum absolute atomic E-state index is 0.361. The Labute approximate surface area is 101 Å². The lowest BCUT2D eigenvalue weighted by Crippen LogP contribution is -2.20. The highest BCUT2D eigenvalue weighted by Crippen LogP contribution is 2.15. The molecule has 1 unspecified atom stereocenters. The lowest BCUT2D eigenvalue weighted by atomic mass is 10.2. The quantitative estimate of drug-likeness (QED) is 0.853. The molecular weight excluding hydrogens is 216 g/mol. The lowest BCUT2D eigenvalue weighted by Gasteiger charge is -2.10. The number of fused-ring (bicyclic) bond motifs is 1. The number of para-hydroxylation sites is 2. The first-order valence-electron chi connectivity index (χ1n) is 5.88. The molecule has 0 amide bonds. The number of rotatable bonds is 5. The second kappa shape index (κ2) is 5.29.